The first-order chi connectivity index (χ1) is 17.2. The normalized spacial score (nSPS) is 13.2. The van der Waals surface area contributed by atoms with E-state index in [2.05, 4.69) is 5.16 Å². The van der Waals surface area contributed by atoms with Crippen LogP contribution in [0.2, 0.25) is 0 Å². The lowest BCUT2D eigenvalue weighted by Crippen LogP contribution is -2.13. The van der Waals surface area contributed by atoms with Gasteiger partial charge in [0.15, 0.2) is 0 Å². The molecule has 4 rings (SSSR count). The lowest BCUT2D eigenvalue weighted by molar-refractivity contribution is -0.107. The monoisotopic (exact) mass is 473 g/mol. The summed E-state index contributed by atoms with van der Waals surface area (Å²) in [6.45, 7) is 1.45. The van der Waals surface area contributed by atoms with Crippen LogP contribution >= 0.6 is 0 Å². The van der Waals surface area contributed by atoms with Crippen LogP contribution < -0.4 is 14.2 Å². The maximum Gasteiger partial charge on any atom is 0.134 e. The first-order valence-corrected chi connectivity index (χ1v) is 11.9. The van der Waals surface area contributed by atoms with Crippen molar-refractivity contribution in [3.8, 4) is 17.2 Å². The van der Waals surface area contributed by atoms with Gasteiger partial charge in [-0.25, -0.2) is 0 Å². The number of benzene rings is 3. The van der Waals surface area contributed by atoms with Crippen molar-refractivity contribution in [2.75, 3.05) is 20.3 Å². The van der Waals surface area contributed by atoms with E-state index in [0.29, 0.717) is 32.0 Å². The lowest BCUT2D eigenvalue weighted by Gasteiger charge is -2.14. The highest BCUT2D eigenvalue weighted by molar-refractivity contribution is 6.01. The zero-order valence-electron chi connectivity index (χ0n) is 20.0. The molecule has 0 saturated heterocycles. The third kappa shape index (κ3) is 7.60. The Morgan fingerprint density at radius 3 is 2.43 bits per heavy atom. The number of aryl methyl sites for hydroxylation is 1. The molecule has 0 aromatic heterocycles. The number of carbonyl (C=O) groups excluding carboxylic acids is 1. The van der Waals surface area contributed by atoms with E-state index in [0.717, 1.165) is 52.5 Å². The molecule has 1 aliphatic carbocycles. The van der Waals surface area contributed by atoms with E-state index in [1.165, 1.54) is 20.0 Å². The number of carbonyl (C=O) groups is 1. The summed E-state index contributed by atoms with van der Waals surface area (Å²) in [5.74, 6) is 2.95. The third-order valence-corrected chi connectivity index (χ3v) is 5.75. The Bertz CT molecular complexity index is 1110. The van der Waals surface area contributed by atoms with Crippen molar-refractivity contribution in [1.29, 1.82) is 0 Å². The SMILES string of the molecule is CO/N=C(\COc1ccc(COc2ccc(CCC=O)c(OCC3CC3)c2)cc1)c1ccccc1. The highest BCUT2D eigenvalue weighted by Crippen LogP contribution is 2.32. The van der Waals surface area contributed by atoms with E-state index in [4.69, 9.17) is 19.0 Å². The van der Waals surface area contributed by atoms with Crippen LogP contribution in [0.5, 0.6) is 17.2 Å². The molecule has 6 nitrogen and oxygen atoms in total. The number of aldehydes is 1. The highest BCUT2D eigenvalue weighted by atomic mass is 16.6. The van der Waals surface area contributed by atoms with Crippen LogP contribution in [0.3, 0.4) is 0 Å². The fraction of sp³-hybridized carbons (Fsp3) is 0.310. The molecule has 1 fully saturated rings. The second-order valence-electron chi connectivity index (χ2n) is 8.54. The Labute approximate surface area is 206 Å². The predicted molar refractivity (Wildman–Crippen MR) is 135 cm³/mol. The van der Waals surface area contributed by atoms with E-state index in [9.17, 15) is 4.79 Å². The quantitative estimate of drug-likeness (QED) is 0.173. The summed E-state index contributed by atoms with van der Waals surface area (Å²) in [6.07, 6.45) is 4.55. The van der Waals surface area contributed by atoms with Gasteiger partial charge in [-0.2, -0.15) is 0 Å². The molecule has 0 heterocycles. The standard InChI is InChI=1S/C29H31NO5/c1-32-30-28(24-6-3-2-4-7-24)21-34-26-14-11-23(12-15-26)19-33-27-16-13-25(8-5-17-31)29(18-27)35-20-22-9-10-22/h2-4,6-7,11-18,22H,5,8-10,19-21H2,1H3/b30-28+. The Kier molecular flexibility index (Phi) is 8.76. The van der Waals surface area contributed by atoms with Crippen LogP contribution in [0.15, 0.2) is 78.0 Å². The maximum atomic E-state index is 10.8. The zero-order chi connectivity index (χ0) is 24.3. The summed E-state index contributed by atoms with van der Waals surface area (Å²) in [5, 5.41) is 4.09. The van der Waals surface area contributed by atoms with Gasteiger partial charge in [0.25, 0.3) is 0 Å². The topological polar surface area (TPSA) is 66.3 Å². The molecular weight excluding hydrogens is 442 g/mol. The van der Waals surface area contributed by atoms with Gasteiger partial charge in [-0.15, -0.1) is 0 Å². The predicted octanol–water partition coefficient (Wildman–Crippen LogP) is 5.62. The third-order valence-electron chi connectivity index (χ3n) is 5.75. The molecule has 0 atom stereocenters. The molecule has 6 heteroatoms. The number of nitrogens with zero attached hydrogens (tertiary/aromatic N) is 1. The first kappa shape index (κ1) is 24.3. The zero-order valence-corrected chi connectivity index (χ0v) is 20.0. The minimum atomic E-state index is 0.299. The van der Waals surface area contributed by atoms with Gasteiger partial charge in [0.1, 0.15) is 49.6 Å². The van der Waals surface area contributed by atoms with Crippen molar-refractivity contribution < 1.29 is 23.8 Å². The van der Waals surface area contributed by atoms with E-state index < -0.39 is 0 Å². The van der Waals surface area contributed by atoms with Crippen LogP contribution in [-0.2, 0) is 22.7 Å². The Hall–Kier alpha value is -3.80. The number of ether oxygens (including phenoxy) is 3. The van der Waals surface area contributed by atoms with Gasteiger partial charge in [-0.3, -0.25) is 0 Å². The van der Waals surface area contributed by atoms with Gasteiger partial charge in [0, 0.05) is 18.1 Å². The summed E-state index contributed by atoms with van der Waals surface area (Å²) in [4.78, 5) is 15.8. The number of hydrogen-bond acceptors (Lipinski definition) is 6. The summed E-state index contributed by atoms with van der Waals surface area (Å²) < 4.78 is 18.0. The van der Waals surface area contributed by atoms with Crippen molar-refractivity contribution in [1.82, 2.24) is 0 Å². The summed E-state index contributed by atoms with van der Waals surface area (Å²) >= 11 is 0. The van der Waals surface area contributed by atoms with Crippen LogP contribution in [0.25, 0.3) is 0 Å². The second kappa shape index (κ2) is 12.6. The molecule has 1 saturated carbocycles. The molecule has 0 radical (unpaired) electrons. The van der Waals surface area contributed by atoms with Gasteiger partial charge in [0.2, 0.25) is 0 Å². The van der Waals surface area contributed by atoms with Gasteiger partial charge in [0.05, 0.1) is 6.61 Å². The van der Waals surface area contributed by atoms with Gasteiger partial charge >= 0.3 is 0 Å². The molecule has 1 aliphatic rings. The minimum absolute atomic E-state index is 0.299. The minimum Gasteiger partial charge on any atom is -0.493 e. The first-order valence-electron chi connectivity index (χ1n) is 11.9. The summed E-state index contributed by atoms with van der Waals surface area (Å²) in [5.41, 5.74) is 3.74. The number of hydrogen-bond donors (Lipinski definition) is 0. The van der Waals surface area contributed by atoms with Gasteiger partial charge in [-0.1, -0.05) is 53.7 Å². The molecule has 0 aliphatic heterocycles. The summed E-state index contributed by atoms with van der Waals surface area (Å²) in [7, 11) is 1.53. The van der Waals surface area contributed by atoms with Gasteiger partial charge in [-0.05, 0) is 54.5 Å². The van der Waals surface area contributed by atoms with E-state index in [1.54, 1.807) is 0 Å². The van der Waals surface area contributed by atoms with Crippen LogP contribution in [0, 0.1) is 5.92 Å². The van der Waals surface area contributed by atoms with Crippen LogP contribution in [0.4, 0.5) is 0 Å². The van der Waals surface area contributed by atoms with E-state index in [-0.39, 0.29) is 0 Å². The Morgan fingerprint density at radius 2 is 1.71 bits per heavy atom. The molecule has 3 aromatic carbocycles. The number of oxime groups is 1. The van der Waals surface area contributed by atoms with Crippen LogP contribution in [0.1, 0.15) is 36.0 Å². The Balaban J connectivity index is 1.32. The molecular formula is C29H31NO5. The average Bonchev–Trinajstić information content (AvgIpc) is 3.74. The van der Waals surface area contributed by atoms with E-state index >= 15 is 0 Å². The van der Waals surface area contributed by atoms with Crippen molar-refractivity contribution in [3.63, 3.8) is 0 Å². The molecule has 0 unspecified atom stereocenters. The molecule has 35 heavy (non-hydrogen) atoms. The average molecular weight is 474 g/mol. The van der Waals surface area contributed by atoms with Crippen molar-refractivity contribution in [2.24, 2.45) is 11.1 Å². The fourth-order valence-electron chi connectivity index (χ4n) is 3.58. The maximum absolute atomic E-state index is 10.8. The van der Waals surface area contributed by atoms with Crippen molar-refractivity contribution in [3.05, 3.63) is 89.5 Å². The highest BCUT2D eigenvalue weighted by Gasteiger charge is 2.22. The fourth-order valence-corrected chi connectivity index (χ4v) is 3.58. The molecule has 0 spiro atoms. The number of rotatable bonds is 14. The smallest absolute Gasteiger partial charge is 0.134 e. The second-order valence-corrected chi connectivity index (χ2v) is 8.54. The van der Waals surface area contributed by atoms with E-state index in [1.807, 2.05) is 72.8 Å². The van der Waals surface area contributed by atoms with Gasteiger partial charge < -0.3 is 23.8 Å². The van der Waals surface area contributed by atoms with Crippen molar-refractivity contribution in [2.45, 2.75) is 32.3 Å². The molecule has 0 bridgehead atoms. The van der Waals surface area contributed by atoms with Crippen LogP contribution in [-0.4, -0.2) is 32.3 Å². The molecule has 182 valence electrons. The Morgan fingerprint density at radius 1 is 0.943 bits per heavy atom. The largest absolute Gasteiger partial charge is 0.493 e. The molecule has 3 aromatic rings. The molecule has 0 amide bonds. The molecule has 0 N–H and O–H groups in total. The lowest BCUT2D eigenvalue weighted by atomic mass is 10.1. The summed E-state index contributed by atoms with van der Waals surface area (Å²) in [6, 6.07) is 23.5. The van der Waals surface area contributed by atoms with Crippen molar-refractivity contribution >= 4 is 12.0 Å².